The van der Waals surface area contributed by atoms with E-state index in [2.05, 4.69) is 40.7 Å². The quantitative estimate of drug-likeness (QED) is 0.621. The summed E-state index contributed by atoms with van der Waals surface area (Å²) in [5, 5.41) is 33.6. The monoisotopic (exact) mass is 392 g/mol. The topological polar surface area (TPSA) is 69.9 Å². The molecule has 0 bridgehead atoms. The van der Waals surface area contributed by atoms with Crippen LogP contribution in [-0.4, -0.2) is 39.4 Å². The largest absolute Gasteiger partial charge is 0.393 e. The van der Waals surface area contributed by atoms with Crippen molar-refractivity contribution in [3.05, 3.63) is 11.6 Å². The van der Waals surface area contributed by atoms with Crippen LogP contribution in [0.25, 0.3) is 0 Å². The molecule has 1 aliphatic heterocycles. The molecule has 160 valence electrons. The maximum absolute atomic E-state index is 12.2. The normalized spacial score (nSPS) is 53.8. The van der Waals surface area contributed by atoms with Gasteiger partial charge in [-0.2, -0.15) is 0 Å². The van der Waals surface area contributed by atoms with E-state index in [1.807, 2.05) is 0 Å². The third-order valence-corrected chi connectivity index (χ3v) is 9.50. The van der Waals surface area contributed by atoms with Gasteiger partial charge >= 0.3 is 0 Å². The minimum Gasteiger partial charge on any atom is -0.393 e. The second kappa shape index (κ2) is 6.80. The molecule has 9 atom stereocenters. The predicted octanol–water partition coefficient (Wildman–Crippen LogP) is 4.03. The van der Waals surface area contributed by atoms with Gasteiger partial charge < -0.3 is 20.1 Å². The molecule has 1 saturated heterocycles. The predicted molar refractivity (Wildman–Crippen MR) is 109 cm³/mol. The summed E-state index contributed by atoms with van der Waals surface area (Å²) >= 11 is 0. The molecule has 0 aromatic carbocycles. The van der Waals surface area contributed by atoms with E-state index >= 15 is 0 Å². The number of fused-ring (bicyclic) bond motifs is 5. The van der Waals surface area contributed by atoms with E-state index in [1.54, 1.807) is 0 Å². The summed E-state index contributed by atoms with van der Waals surface area (Å²) in [6, 6.07) is 0. The van der Waals surface area contributed by atoms with Gasteiger partial charge in [-0.15, -0.1) is 0 Å². The van der Waals surface area contributed by atoms with Gasteiger partial charge in [0.05, 0.1) is 12.2 Å². The summed E-state index contributed by atoms with van der Waals surface area (Å²) in [5.41, 5.74) is -0.181. The number of aliphatic hydroxyl groups excluding tert-OH is 2. The van der Waals surface area contributed by atoms with Crippen LogP contribution >= 0.6 is 0 Å². The van der Waals surface area contributed by atoms with Crippen LogP contribution in [-0.2, 0) is 4.74 Å². The third kappa shape index (κ3) is 2.57. The Morgan fingerprint density at radius 2 is 1.86 bits per heavy atom. The minimum atomic E-state index is -1.22. The molecule has 3 N–H and O–H groups in total. The lowest BCUT2D eigenvalue weighted by Gasteiger charge is -2.68. The number of rotatable bonds is 2. The zero-order valence-electron chi connectivity index (χ0n) is 18.3. The summed E-state index contributed by atoms with van der Waals surface area (Å²) in [5.74, 6) is 0.963. The molecule has 0 radical (unpaired) electrons. The molecule has 4 aliphatic rings. The number of ether oxygens (including phenoxy) is 1. The highest BCUT2D eigenvalue weighted by atomic mass is 16.6. The Kier molecular flexibility index (Phi) is 5.06. The highest BCUT2D eigenvalue weighted by molar-refractivity contribution is 5.28. The number of aliphatic hydroxyl groups is 3. The lowest BCUT2D eigenvalue weighted by Crippen LogP contribution is -2.73. The molecule has 28 heavy (non-hydrogen) atoms. The van der Waals surface area contributed by atoms with E-state index in [4.69, 9.17) is 4.74 Å². The minimum absolute atomic E-state index is 0.00398. The molecule has 0 amide bonds. The molecule has 3 fully saturated rings. The van der Waals surface area contributed by atoms with E-state index in [0.717, 1.165) is 44.9 Å². The first-order valence-electron chi connectivity index (χ1n) is 11.5. The van der Waals surface area contributed by atoms with Crippen molar-refractivity contribution in [3.8, 4) is 0 Å². The van der Waals surface area contributed by atoms with Gasteiger partial charge in [0, 0.05) is 11.3 Å². The lowest BCUT2D eigenvalue weighted by molar-refractivity contribution is -0.371. The van der Waals surface area contributed by atoms with Crippen molar-refractivity contribution in [3.63, 3.8) is 0 Å². The second-order valence-corrected chi connectivity index (χ2v) is 11.0. The average Bonchev–Trinajstić information content (AvgIpc) is 2.63. The smallest absolute Gasteiger partial charge is 0.184 e. The van der Waals surface area contributed by atoms with Crippen LogP contribution in [0.1, 0.15) is 79.6 Å². The van der Waals surface area contributed by atoms with Crippen molar-refractivity contribution in [1.82, 2.24) is 0 Å². The molecule has 9 unspecified atom stereocenters. The highest BCUT2D eigenvalue weighted by Crippen LogP contribution is 2.67. The molecule has 0 aromatic rings. The number of allylic oxidation sites excluding steroid dienone is 1. The second-order valence-electron chi connectivity index (χ2n) is 11.0. The van der Waals surface area contributed by atoms with Crippen LogP contribution in [0.3, 0.4) is 0 Å². The maximum Gasteiger partial charge on any atom is 0.184 e. The van der Waals surface area contributed by atoms with E-state index in [9.17, 15) is 15.3 Å². The van der Waals surface area contributed by atoms with E-state index in [0.29, 0.717) is 11.8 Å². The SMILES string of the molecule is CCC1OC(O)C2(O)C3CC=C4CC(O)CCC4(C)C3CCC2(C)C1C(C)C. The van der Waals surface area contributed by atoms with Crippen LogP contribution in [0, 0.1) is 34.5 Å². The summed E-state index contributed by atoms with van der Waals surface area (Å²) in [6.45, 7) is 11.1. The van der Waals surface area contributed by atoms with Crippen molar-refractivity contribution in [2.75, 3.05) is 0 Å². The van der Waals surface area contributed by atoms with Gasteiger partial charge in [-0.05, 0) is 68.1 Å². The molecular formula is C24H40O4. The molecule has 0 spiro atoms. The molecule has 4 nitrogen and oxygen atoms in total. The van der Waals surface area contributed by atoms with E-state index in [-0.39, 0.29) is 34.9 Å². The fourth-order valence-corrected chi connectivity index (χ4v) is 8.10. The molecular weight excluding hydrogens is 352 g/mol. The first-order chi connectivity index (χ1) is 13.1. The molecule has 1 heterocycles. The van der Waals surface area contributed by atoms with Gasteiger partial charge in [-0.1, -0.05) is 46.3 Å². The molecule has 2 saturated carbocycles. The third-order valence-electron chi connectivity index (χ3n) is 9.50. The zero-order chi connectivity index (χ0) is 20.5. The van der Waals surface area contributed by atoms with Gasteiger partial charge in [0.25, 0.3) is 0 Å². The Bertz CT molecular complexity index is 645. The van der Waals surface area contributed by atoms with Gasteiger partial charge in [0.2, 0.25) is 0 Å². The van der Waals surface area contributed by atoms with Crippen LogP contribution < -0.4 is 0 Å². The van der Waals surface area contributed by atoms with Crippen LogP contribution in [0.15, 0.2) is 11.6 Å². The Labute approximate surface area is 170 Å². The van der Waals surface area contributed by atoms with Gasteiger partial charge in [0.15, 0.2) is 6.29 Å². The van der Waals surface area contributed by atoms with Crippen molar-refractivity contribution in [2.24, 2.45) is 34.5 Å². The van der Waals surface area contributed by atoms with Crippen LogP contribution in [0.2, 0.25) is 0 Å². The summed E-state index contributed by atoms with van der Waals surface area (Å²) in [6.07, 6.45) is 7.12. The first kappa shape index (κ1) is 20.8. The molecule has 4 heteroatoms. The molecule has 4 rings (SSSR count). The summed E-state index contributed by atoms with van der Waals surface area (Å²) in [7, 11) is 0. The van der Waals surface area contributed by atoms with Gasteiger partial charge in [-0.25, -0.2) is 0 Å². The maximum atomic E-state index is 12.2. The molecule has 0 aromatic heterocycles. The Morgan fingerprint density at radius 1 is 1.14 bits per heavy atom. The Hall–Kier alpha value is -0.420. The average molecular weight is 393 g/mol. The van der Waals surface area contributed by atoms with E-state index < -0.39 is 11.9 Å². The Morgan fingerprint density at radius 3 is 2.50 bits per heavy atom. The summed E-state index contributed by atoms with van der Waals surface area (Å²) < 4.78 is 6.13. The van der Waals surface area contributed by atoms with Crippen molar-refractivity contribution in [1.29, 1.82) is 0 Å². The van der Waals surface area contributed by atoms with Crippen molar-refractivity contribution < 1.29 is 20.1 Å². The van der Waals surface area contributed by atoms with E-state index in [1.165, 1.54) is 5.57 Å². The number of hydrogen-bond acceptors (Lipinski definition) is 4. The van der Waals surface area contributed by atoms with Gasteiger partial charge in [0.1, 0.15) is 5.60 Å². The lowest BCUT2D eigenvalue weighted by atomic mass is 9.42. The van der Waals surface area contributed by atoms with Crippen molar-refractivity contribution >= 4 is 0 Å². The van der Waals surface area contributed by atoms with Crippen molar-refractivity contribution in [2.45, 2.75) is 104 Å². The first-order valence-corrected chi connectivity index (χ1v) is 11.5. The summed E-state index contributed by atoms with van der Waals surface area (Å²) in [4.78, 5) is 0. The fraction of sp³-hybridized carbons (Fsp3) is 0.917. The van der Waals surface area contributed by atoms with Crippen LogP contribution in [0.5, 0.6) is 0 Å². The molecule has 3 aliphatic carbocycles. The van der Waals surface area contributed by atoms with Crippen LogP contribution in [0.4, 0.5) is 0 Å². The standard InChI is InChI=1S/C24H40O4/c1-6-19-20(14(2)3)23(5)12-10-17-18(24(23,27)21(26)28-19)8-7-15-13-16(25)9-11-22(15,17)4/h7,14,16-21,25-27H,6,8-13H2,1-5H3. The number of hydrogen-bond donors (Lipinski definition) is 3. The highest BCUT2D eigenvalue weighted by Gasteiger charge is 2.70. The fourth-order valence-electron chi connectivity index (χ4n) is 8.10. The zero-order valence-corrected chi connectivity index (χ0v) is 18.3. The van der Waals surface area contributed by atoms with Gasteiger partial charge in [-0.3, -0.25) is 0 Å². The Balaban J connectivity index is 1.77.